The van der Waals surface area contributed by atoms with E-state index in [1.165, 1.54) is 0 Å². The molecule has 1 saturated heterocycles. The Hall–Kier alpha value is -3.35. The van der Waals surface area contributed by atoms with Gasteiger partial charge >= 0.3 is 0 Å². The van der Waals surface area contributed by atoms with Gasteiger partial charge in [0, 0.05) is 31.7 Å². The monoisotopic (exact) mass is 435 g/mol. The number of aromatic nitrogens is 1. The summed E-state index contributed by atoms with van der Waals surface area (Å²) in [5, 5.41) is 6.08. The van der Waals surface area contributed by atoms with Crippen LogP contribution in [0.4, 0.5) is 0 Å². The second-order valence-electron chi connectivity index (χ2n) is 8.38. The SMILES string of the molecule is COc1ccc2cc([C@H](C)C(=O)N3CCN(C(=O)Cc4c(C)noc4C)CC3)ccc2c1. The van der Waals surface area contributed by atoms with Crippen molar-refractivity contribution in [1.82, 2.24) is 15.0 Å². The van der Waals surface area contributed by atoms with Gasteiger partial charge in [-0.3, -0.25) is 9.59 Å². The average Bonchev–Trinajstić information content (AvgIpc) is 3.14. The molecular weight excluding hydrogens is 406 g/mol. The summed E-state index contributed by atoms with van der Waals surface area (Å²) in [6, 6.07) is 12.0. The first-order chi connectivity index (χ1) is 15.4. The van der Waals surface area contributed by atoms with Gasteiger partial charge in [-0.25, -0.2) is 0 Å². The minimum absolute atomic E-state index is 0.0458. The van der Waals surface area contributed by atoms with Crippen LogP contribution in [0, 0.1) is 13.8 Å². The van der Waals surface area contributed by atoms with E-state index in [9.17, 15) is 9.59 Å². The Morgan fingerprint density at radius 3 is 2.34 bits per heavy atom. The van der Waals surface area contributed by atoms with E-state index in [4.69, 9.17) is 9.26 Å². The van der Waals surface area contributed by atoms with Gasteiger partial charge in [0.2, 0.25) is 11.8 Å². The largest absolute Gasteiger partial charge is 0.497 e. The van der Waals surface area contributed by atoms with E-state index in [0.717, 1.165) is 33.3 Å². The minimum atomic E-state index is -0.244. The lowest BCUT2D eigenvalue weighted by molar-refractivity contribution is -0.139. The molecule has 7 nitrogen and oxygen atoms in total. The molecule has 0 radical (unpaired) electrons. The molecule has 7 heteroatoms. The molecule has 2 amide bonds. The summed E-state index contributed by atoms with van der Waals surface area (Å²) in [6.07, 6.45) is 0.285. The number of piperazine rings is 1. The van der Waals surface area contributed by atoms with Gasteiger partial charge in [0.05, 0.1) is 25.1 Å². The zero-order chi connectivity index (χ0) is 22.8. The Balaban J connectivity index is 1.37. The Bertz CT molecular complexity index is 1130. The summed E-state index contributed by atoms with van der Waals surface area (Å²) in [7, 11) is 1.65. The number of nitrogens with zero attached hydrogens (tertiary/aromatic N) is 3. The van der Waals surface area contributed by atoms with Crippen LogP contribution in [0.25, 0.3) is 10.8 Å². The van der Waals surface area contributed by atoms with E-state index in [2.05, 4.69) is 11.2 Å². The molecule has 1 aliphatic rings. The smallest absolute Gasteiger partial charge is 0.229 e. The van der Waals surface area contributed by atoms with Crippen LogP contribution in [-0.4, -0.2) is 60.1 Å². The number of benzene rings is 2. The lowest BCUT2D eigenvalue weighted by atomic mass is 9.96. The summed E-state index contributed by atoms with van der Waals surface area (Å²) < 4.78 is 10.4. The van der Waals surface area contributed by atoms with Gasteiger partial charge in [-0.1, -0.05) is 29.4 Å². The number of aryl methyl sites for hydroxylation is 2. The molecule has 0 unspecified atom stereocenters. The van der Waals surface area contributed by atoms with Gasteiger partial charge in [0.25, 0.3) is 0 Å². The summed E-state index contributed by atoms with van der Waals surface area (Å²) in [6.45, 7) is 7.78. The van der Waals surface area contributed by atoms with Crippen LogP contribution in [0.1, 0.15) is 35.4 Å². The zero-order valence-corrected chi connectivity index (χ0v) is 19.1. The number of ether oxygens (including phenoxy) is 1. The standard InChI is InChI=1S/C25H29N3O4/c1-16(19-5-6-21-14-22(31-4)8-7-20(21)13-19)25(30)28-11-9-27(10-12-28)24(29)15-23-17(2)26-32-18(23)3/h5-8,13-14,16H,9-12,15H2,1-4H3/t16-/m0/s1. The molecule has 1 aromatic heterocycles. The van der Waals surface area contributed by atoms with Crippen LogP contribution >= 0.6 is 0 Å². The van der Waals surface area contributed by atoms with E-state index >= 15 is 0 Å². The van der Waals surface area contributed by atoms with Crippen molar-refractivity contribution in [1.29, 1.82) is 0 Å². The van der Waals surface area contributed by atoms with Crippen LogP contribution in [0.3, 0.4) is 0 Å². The number of amides is 2. The van der Waals surface area contributed by atoms with Crippen molar-refractivity contribution < 1.29 is 18.8 Å². The van der Waals surface area contributed by atoms with E-state index in [-0.39, 0.29) is 24.2 Å². The molecule has 0 saturated carbocycles. The highest BCUT2D eigenvalue weighted by atomic mass is 16.5. The van der Waals surface area contributed by atoms with Crippen molar-refractivity contribution in [3.63, 3.8) is 0 Å². The van der Waals surface area contributed by atoms with Gasteiger partial charge in [-0.2, -0.15) is 0 Å². The van der Waals surface area contributed by atoms with Crippen molar-refractivity contribution in [3.05, 3.63) is 59.0 Å². The fourth-order valence-corrected chi connectivity index (χ4v) is 4.25. The van der Waals surface area contributed by atoms with Crippen LogP contribution in [0.5, 0.6) is 5.75 Å². The summed E-state index contributed by atoms with van der Waals surface area (Å²) in [4.78, 5) is 29.5. The van der Waals surface area contributed by atoms with Crippen molar-refractivity contribution in [2.45, 2.75) is 33.1 Å². The number of carbonyl (C=O) groups is 2. The number of rotatable bonds is 5. The maximum absolute atomic E-state index is 13.1. The highest BCUT2D eigenvalue weighted by Crippen LogP contribution is 2.26. The molecule has 1 atom stereocenters. The van der Waals surface area contributed by atoms with E-state index in [0.29, 0.717) is 31.9 Å². The third-order valence-electron chi connectivity index (χ3n) is 6.40. The molecule has 1 fully saturated rings. The first kappa shape index (κ1) is 21.9. The number of hydrogen-bond donors (Lipinski definition) is 0. The van der Waals surface area contributed by atoms with E-state index in [1.54, 1.807) is 7.11 Å². The van der Waals surface area contributed by atoms with E-state index < -0.39 is 0 Å². The molecule has 32 heavy (non-hydrogen) atoms. The zero-order valence-electron chi connectivity index (χ0n) is 19.1. The highest BCUT2D eigenvalue weighted by molar-refractivity contribution is 5.88. The summed E-state index contributed by atoms with van der Waals surface area (Å²) in [5.74, 6) is 1.40. The third kappa shape index (κ3) is 4.33. The molecule has 4 rings (SSSR count). The minimum Gasteiger partial charge on any atom is -0.497 e. The molecule has 0 aliphatic carbocycles. The van der Waals surface area contributed by atoms with Crippen molar-refractivity contribution in [2.24, 2.45) is 0 Å². The molecule has 168 valence electrons. The van der Waals surface area contributed by atoms with Gasteiger partial charge in [-0.15, -0.1) is 0 Å². The van der Waals surface area contributed by atoms with Gasteiger partial charge in [0.1, 0.15) is 11.5 Å². The average molecular weight is 436 g/mol. The quantitative estimate of drug-likeness (QED) is 0.613. The molecule has 1 aliphatic heterocycles. The first-order valence-electron chi connectivity index (χ1n) is 10.9. The van der Waals surface area contributed by atoms with Crippen molar-refractivity contribution in [2.75, 3.05) is 33.3 Å². The first-order valence-corrected chi connectivity index (χ1v) is 10.9. The lowest BCUT2D eigenvalue weighted by Gasteiger charge is -2.36. The number of hydrogen-bond acceptors (Lipinski definition) is 5. The topological polar surface area (TPSA) is 75.9 Å². The fourth-order valence-electron chi connectivity index (χ4n) is 4.25. The van der Waals surface area contributed by atoms with Crippen LogP contribution in [-0.2, 0) is 16.0 Å². The molecule has 3 aromatic rings. The van der Waals surface area contributed by atoms with Crippen LogP contribution < -0.4 is 4.74 Å². The number of fused-ring (bicyclic) bond motifs is 1. The number of methoxy groups -OCH3 is 1. The number of carbonyl (C=O) groups excluding carboxylic acids is 2. The Morgan fingerprint density at radius 2 is 1.69 bits per heavy atom. The molecule has 2 aromatic carbocycles. The summed E-state index contributed by atoms with van der Waals surface area (Å²) >= 11 is 0. The fraction of sp³-hybridized carbons (Fsp3) is 0.400. The van der Waals surface area contributed by atoms with Gasteiger partial charge < -0.3 is 19.1 Å². The Labute approximate surface area is 187 Å². The second-order valence-corrected chi connectivity index (χ2v) is 8.38. The molecular formula is C25H29N3O4. The second kappa shape index (κ2) is 9.02. The highest BCUT2D eigenvalue weighted by Gasteiger charge is 2.28. The van der Waals surface area contributed by atoms with Crippen molar-refractivity contribution >= 4 is 22.6 Å². The van der Waals surface area contributed by atoms with Crippen LogP contribution in [0.2, 0.25) is 0 Å². The normalized spacial score (nSPS) is 15.1. The lowest BCUT2D eigenvalue weighted by Crippen LogP contribution is -2.51. The molecule has 0 spiro atoms. The molecule has 0 N–H and O–H groups in total. The maximum atomic E-state index is 13.1. The maximum Gasteiger partial charge on any atom is 0.229 e. The van der Waals surface area contributed by atoms with Gasteiger partial charge in [-0.05, 0) is 49.2 Å². The Morgan fingerprint density at radius 1 is 1.03 bits per heavy atom. The predicted octanol–water partition coefficient (Wildman–Crippen LogP) is 3.47. The van der Waals surface area contributed by atoms with Crippen molar-refractivity contribution in [3.8, 4) is 5.75 Å². The third-order valence-corrected chi connectivity index (χ3v) is 6.40. The predicted molar refractivity (Wildman–Crippen MR) is 122 cm³/mol. The molecule has 2 heterocycles. The van der Waals surface area contributed by atoms with Crippen LogP contribution in [0.15, 0.2) is 40.9 Å². The van der Waals surface area contributed by atoms with E-state index in [1.807, 2.05) is 60.9 Å². The van der Waals surface area contributed by atoms with Gasteiger partial charge in [0.15, 0.2) is 0 Å². The summed E-state index contributed by atoms with van der Waals surface area (Å²) in [5.41, 5.74) is 2.60. The molecule has 0 bridgehead atoms. The Kier molecular flexibility index (Phi) is 6.17.